The van der Waals surface area contributed by atoms with E-state index < -0.39 is 11.7 Å². The van der Waals surface area contributed by atoms with Gasteiger partial charge in [0.1, 0.15) is 11.4 Å². The summed E-state index contributed by atoms with van der Waals surface area (Å²) in [5.74, 6) is 0.120. The highest BCUT2D eigenvalue weighted by atomic mass is 16.6. The Labute approximate surface area is 143 Å². The molecule has 0 unspecified atom stereocenters. The van der Waals surface area contributed by atoms with Crippen molar-refractivity contribution < 1.29 is 19.4 Å². The second kappa shape index (κ2) is 7.36. The van der Waals surface area contributed by atoms with Crippen LogP contribution in [0.15, 0.2) is 16.4 Å². The average molecular weight is 336 g/mol. The molecule has 6 nitrogen and oxygen atoms in total. The molecule has 2 aliphatic rings. The molecule has 6 heteroatoms. The molecule has 2 rings (SSSR count). The molecule has 1 amide bonds. The largest absolute Gasteiger partial charge is 0.511 e. The molecule has 0 aromatic rings. The van der Waals surface area contributed by atoms with E-state index in [0.717, 1.165) is 30.7 Å². The van der Waals surface area contributed by atoms with Gasteiger partial charge in [0.25, 0.3) is 0 Å². The van der Waals surface area contributed by atoms with Crippen molar-refractivity contribution >= 4 is 17.6 Å². The molecule has 0 aliphatic heterocycles. The van der Waals surface area contributed by atoms with Gasteiger partial charge in [-0.05, 0) is 46.5 Å². The van der Waals surface area contributed by atoms with Crippen LogP contribution in [0.5, 0.6) is 0 Å². The average Bonchev–Trinajstić information content (AvgIpc) is 2.99. The van der Waals surface area contributed by atoms with Crippen LogP contribution in [0.4, 0.5) is 4.79 Å². The van der Waals surface area contributed by atoms with Gasteiger partial charge in [0, 0.05) is 19.4 Å². The van der Waals surface area contributed by atoms with E-state index >= 15 is 0 Å². The van der Waals surface area contributed by atoms with Crippen LogP contribution >= 0.6 is 0 Å². The number of hydrazone groups is 1. The normalized spacial score (nSPS) is 23.5. The Morgan fingerprint density at radius 1 is 1.21 bits per heavy atom. The van der Waals surface area contributed by atoms with Gasteiger partial charge in [-0.15, -0.1) is 0 Å². The molecule has 24 heavy (non-hydrogen) atoms. The molecule has 0 atom stereocenters. The monoisotopic (exact) mass is 336 g/mol. The zero-order chi connectivity index (χ0) is 17.9. The van der Waals surface area contributed by atoms with E-state index in [1.807, 2.05) is 0 Å². The predicted molar refractivity (Wildman–Crippen MR) is 91.9 cm³/mol. The number of nitrogens with zero attached hydrogens (tertiary/aromatic N) is 2. The number of rotatable bonds is 2. The lowest BCUT2D eigenvalue weighted by Crippen LogP contribution is -2.33. The fourth-order valence-electron chi connectivity index (χ4n) is 3.17. The molecule has 0 heterocycles. The summed E-state index contributed by atoms with van der Waals surface area (Å²) >= 11 is 0. The Morgan fingerprint density at radius 3 is 2.42 bits per heavy atom. The van der Waals surface area contributed by atoms with Gasteiger partial charge in [0.15, 0.2) is 5.78 Å². The van der Waals surface area contributed by atoms with E-state index in [0.29, 0.717) is 30.5 Å². The van der Waals surface area contributed by atoms with Crippen LogP contribution in [0.3, 0.4) is 0 Å². The lowest BCUT2D eigenvalue weighted by molar-refractivity contribution is -0.115. The van der Waals surface area contributed by atoms with Crippen molar-refractivity contribution in [3.8, 4) is 0 Å². The van der Waals surface area contributed by atoms with Crippen LogP contribution < -0.4 is 0 Å². The highest BCUT2D eigenvalue weighted by Crippen LogP contribution is 2.33. The smallest absolute Gasteiger partial charge is 0.430 e. The van der Waals surface area contributed by atoms with E-state index in [-0.39, 0.29) is 17.5 Å². The van der Waals surface area contributed by atoms with Gasteiger partial charge in [0.05, 0.1) is 11.3 Å². The van der Waals surface area contributed by atoms with E-state index in [1.165, 1.54) is 7.05 Å². The molecule has 2 aliphatic carbocycles. The van der Waals surface area contributed by atoms with Crippen LogP contribution in [-0.4, -0.2) is 40.4 Å². The first-order chi connectivity index (χ1) is 11.2. The molecule has 0 saturated heterocycles. The van der Waals surface area contributed by atoms with Crippen molar-refractivity contribution in [2.75, 3.05) is 7.05 Å². The van der Waals surface area contributed by atoms with Gasteiger partial charge in [-0.2, -0.15) is 5.10 Å². The zero-order valence-corrected chi connectivity index (χ0v) is 15.1. The lowest BCUT2D eigenvalue weighted by atomic mass is 9.87. The fraction of sp³-hybridized carbons (Fsp3) is 0.722. The summed E-state index contributed by atoms with van der Waals surface area (Å²) in [7, 11) is 1.50. The molecule has 0 radical (unpaired) electrons. The van der Waals surface area contributed by atoms with Crippen molar-refractivity contribution in [2.24, 2.45) is 11.0 Å². The third kappa shape index (κ3) is 4.58. The van der Waals surface area contributed by atoms with E-state index in [2.05, 4.69) is 5.10 Å². The number of amides is 1. The first-order valence-electron chi connectivity index (χ1n) is 8.70. The number of ketones is 1. The third-order valence-corrected chi connectivity index (χ3v) is 4.31. The fourth-order valence-corrected chi connectivity index (χ4v) is 3.17. The van der Waals surface area contributed by atoms with Crippen molar-refractivity contribution in [3.63, 3.8) is 0 Å². The Morgan fingerprint density at radius 2 is 1.83 bits per heavy atom. The molecule has 134 valence electrons. The lowest BCUT2D eigenvalue weighted by Gasteiger charge is -2.24. The van der Waals surface area contributed by atoms with Gasteiger partial charge >= 0.3 is 6.09 Å². The van der Waals surface area contributed by atoms with Crippen LogP contribution in [0.2, 0.25) is 0 Å². The Kier molecular flexibility index (Phi) is 5.67. The number of carbonyl (C=O) groups excluding carboxylic acids is 2. The number of hydrogen-bond donors (Lipinski definition) is 1. The Bertz CT molecular complexity index is 566. The van der Waals surface area contributed by atoms with Gasteiger partial charge in [0.2, 0.25) is 0 Å². The number of hydrogen-bond acceptors (Lipinski definition) is 5. The molecule has 0 bridgehead atoms. The highest BCUT2D eigenvalue weighted by Gasteiger charge is 2.31. The molecule has 2 saturated carbocycles. The van der Waals surface area contributed by atoms with Gasteiger partial charge in [-0.25, -0.2) is 9.80 Å². The standard InChI is InChI=1S/C18H28N2O4/c1-18(2,3)24-17(23)20(4)19-13-10-7-11-14(21)15(13)16(22)12-8-5-6-9-12/h12,22H,5-11H2,1-4H3. The number of aliphatic hydroxyl groups is 1. The summed E-state index contributed by atoms with van der Waals surface area (Å²) in [6.45, 7) is 5.35. The van der Waals surface area contributed by atoms with Crippen molar-refractivity contribution in [2.45, 2.75) is 71.3 Å². The van der Waals surface area contributed by atoms with Crippen LogP contribution in [-0.2, 0) is 9.53 Å². The summed E-state index contributed by atoms with van der Waals surface area (Å²) in [6, 6.07) is 0. The Hall–Kier alpha value is -1.85. The number of Topliss-reactive ketones (excluding diaryl/α,β-unsaturated/α-hetero) is 1. The molecule has 2 fully saturated rings. The molecule has 1 N–H and O–H groups in total. The SMILES string of the molecule is CN(N=C1CCCC(=O)C1=C(O)C1CCCC1)C(=O)OC(C)(C)C. The summed E-state index contributed by atoms with van der Waals surface area (Å²) in [5, 5.41) is 16.0. The first-order valence-corrected chi connectivity index (χ1v) is 8.70. The number of allylic oxidation sites excluding steroid dienone is 2. The number of aliphatic hydroxyl groups excluding tert-OH is 1. The van der Waals surface area contributed by atoms with Crippen LogP contribution in [0, 0.1) is 5.92 Å². The molecular weight excluding hydrogens is 308 g/mol. The zero-order valence-electron chi connectivity index (χ0n) is 15.1. The summed E-state index contributed by atoms with van der Waals surface area (Å²) < 4.78 is 5.28. The maximum atomic E-state index is 12.3. The van der Waals surface area contributed by atoms with Gasteiger partial charge in [-0.1, -0.05) is 12.8 Å². The van der Waals surface area contributed by atoms with E-state index in [4.69, 9.17) is 4.74 Å². The topological polar surface area (TPSA) is 79.2 Å². The summed E-state index contributed by atoms with van der Waals surface area (Å²) in [4.78, 5) is 24.4. The predicted octanol–water partition coefficient (Wildman–Crippen LogP) is 3.96. The number of carbonyl (C=O) groups is 2. The maximum Gasteiger partial charge on any atom is 0.430 e. The second-order valence-electron chi connectivity index (χ2n) is 7.57. The molecule has 0 aromatic heterocycles. The van der Waals surface area contributed by atoms with Gasteiger partial charge < -0.3 is 9.84 Å². The van der Waals surface area contributed by atoms with Crippen LogP contribution in [0.1, 0.15) is 65.7 Å². The van der Waals surface area contributed by atoms with Gasteiger partial charge in [-0.3, -0.25) is 4.79 Å². The van der Waals surface area contributed by atoms with Crippen molar-refractivity contribution in [1.29, 1.82) is 0 Å². The highest BCUT2D eigenvalue weighted by molar-refractivity contribution is 6.24. The molecule has 0 spiro atoms. The van der Waals surface area contributed by atoms with Crippen LogP contribution in [0.25, 0.3) is 0 Å². The summed E-state index contributed by atoms with van der Waals surface area (Å²) in [5.41, 5.74) is 0.200. The van der Waals surface area contributed by atoms with E-state index in [1.54, 1.807) is 20.8 Å². The van der Waals surface area contributed by atoms with E-state index in [9.17, 15) is 14.7 Å². The minimum absolute atomic E-state index is 0.0408. The minimum atomic E-state index is -0.613. The molecular formula is C18H28N2O4. The first kappa shape index (κ1) is 18.5. The van der Waals surface area contributed by atoms with Crippen molar-refractivity contribution in [1.82, 2.24) is 5.01 Å². The quantitative estimate of drug-likeness (QED) is 0.470. The second-order valence-corrected chi connectivity index (χ2v) is 7.57. The Balaban J connectivity index is 2.26. The molecule has 0 aromatic carbocycles. The third-order valence-electron chi connectivity index (χ3n) is 4.31. The van der Waals surface area contributed by atoms with Crippen molar-refractivity contribution in [3.05, 3.63) is 11.3 Å². The summed E-state index contributed by atoms with van der Waals surface area (Å²) in [6.07, 6.45) is 5.04. The maximum absolute atomic E-state index is 12.3. The number of ether oxygens (including phenoxy) is 1. The minimum Gasteiger partial charge on any atom is -0.511 e.